The van der Waals surface area contributed by atoms with Crippen LogP contribution < -0.4 is 4.74 Å². The van der Waals surface area contributed by atoms with Gasteiger partial charge in [0, 0.05) is 24.2 Å². The van der Waals surface area contributed by atoms with E-state index in [2.05, 4.69) is 16.0 Å². The van der Waals surface area contributed by atoms with E-state index in [-0.39, 0.29) is 0 Å². The number of para-hydroxylation sites is 3. The summed E-state index contributed by atoms with van der Waals surface area (Å²) in [5.74, 6) is 0.291. The second-order valence-electron chi connectivity index (χ2n) is 8.08. The maximum atomic E-state index is 9.95. The van der Waals surface area contributed by atoms with Gasteiger partial charge in [-0.1, -0.05) is 41.9 Å². The molecule has 0 amide bonds. The number of carboxylic acids is 1. The number of allylic oxidation sites excluding steroid dienone is 1. The van der Waals surface area contributed by atoms with Gasteiger partial charge in [0.05, 0.1) is 33.9 Å². The molecule has 0 bridgehead atoms. The fraction of sp³-hybridized carbons (Fsp3) is 0.103. The third-order valence-electron chi connectivity index (χ3n) is 5.33. The SMILES string of the molecule is CC(=O)O.CCOc1ccc(-c2nn(-c3ccccc3)cc2/C=C(/C#N)c2nc3ccccc3[nH]2)cc1Cl. The maximum absolute atomic E-state index is 9.95. The standard InChI is InChI=1S/C27H20ClN5O.C2H4O2/c1-2-34-25-13-12-18(15-22(25)28)26-20(17-33(32-26)21-8-4-3-5-9-21)14-19(16-29)27-30-23-10-6-7-11-24(23)31-27;1-2(3)4/h3-15,17H,2H2,1H3,(H,30,31);1H3,(H,3,4)/b19-14-;. The lowest BCUT2D eigenvalue weighted by atomic mass is 10.1. The lowest BCUT2D eigenvalue weighted by molar-refractivity contribution is -0.134. The van der Waals surface area contributed by atoms with E-state index in [9.17, 15) is 5.26 Å². The number of imidazole rings is 1. The maximum Gasteiger partial charge on any atom is 0.300 e. The molecule has 0 unspecified atom stereocenters. The van der Waals surface area contributed by atoms with Crippen LogP contribution in [0.1, 0.15) is 25.2 Å². The van der Waals surface area contributed by atoms with Crippen molar-refractivity contribution in [2.24, 2.45) is 0 Å². The van der Waals surface area contributed by atoms with Crippen LogP contribution in [0.3, 0.4) is 0 Å². The van der Waals surface area contributed by atoms with Crippen molar-refractivity contribution < 1.29 is 14.6 Å². The Morgan fingerprint density at radius 3 is 2.53 bits per heavy atom. The van der Waals surface area contributed by atoms with E-state index < -0.39 is 5.97 Å². The summed E-state index contributed by atoms with van der Waals surface area (Å²) >= 11 is 6.47. The number of nitrogens with zero attached hydrogens (tertiary/aromatic N) is 4. The van der Waals surface area contributed by atoms with E-state index >= 15 is 0 Å². The molecule has 5 rings (SSSR count). The van der Waals surface area contributed by atoms with Crippen molar-refractivity contribution in [1.29, 1.82) is 5.26 Å². The molecular formula is C29H24ClN5O3. The van der Waals surface area contributed by atoms with Crippen LogP contribution in [0.4, 0.5) is 0 Å². The van der Waals surface area contributed by atoms with Gasteiger partial charge in [0.25, 0.3) is 5.97 Å². The van der Waals surface area contributed by atoms with Crippen LogP contribution >= 0.6 is 11.6 Å². The summed E-state index contributed by atoms with van der Waals surface area (Å²) < 4.78 is 7.37. The van der Waals surface area contributed by atoms with Gasteiger partial charge in [0.2, 0.25) is 0 Å². The van der Waals surface area contributed by atoms with Crippen LogP contribution in [0.5, 0.6) is 5.75 Å². The summed E-state index contributed by atoms with van der Waals surface area (Å²) in [4.78, 5) is 16.8. The molecule has 2 heterocycles. The Labute approximate surface area is 224 Å². The number of nitriles is 1. The van der Waals surface area contributed by atoms with Gasteiger partial charge in [-0.3, -0.25) is 4.79 Å². The predicted molar refractivity (Wildman–Crippen MR) is 148 cm³/mol. The molecule has 0 atom stereocenters. The number of benzene rings is 3. The molecule has 2 aromatic heterocycles. The molecule has 38 heavy (non-hydrogen) atoms. The third-order valence-corrected chi connectivity index (χ3v) is 5.63. The lowest BCUT2D eigenvalue weighted by Gasteiger charge is -2.07. The first kappa shape index (κ1) is 26.2. The Bertz CT molecular complexity index is 1610. The van der Waals surface area contributed by atoms with Crippen molar-refractivity contribution in [3.8, 4) is 28.8 Å². The smallest absolute Gasteiger partial charge is 0.300 e. The predicted octanol–water partition coefficient (Wildman–Crippen LogP) is 6.62. The highest BCUT2D eigenvalue weighted by Gasteiger charge is 2.16. The second kappa shape index (κ2) is 11.9. The number of rotatable bonds is 6. The number of ether oxygens (including phenoxy) is 1. The summed E-state index contributed by atoms with van der Waals surface area (Å²) in [6, 6.07) is 25.3. The van der Waals surface area contributed by atoms with Gasteiger partial charge in [0.1, 0.15) is 23.3 Å². The van der Waals surface area contributed by atoms with Gasteiger partial charge >= 0.3 is 0 Å². The number of carbonyl (C=O) groups is 1. The van der Waals surface area contributed by atoms with Gasteiger partial charge < -0.3 is 14.8 Å². The van der Waals surface area contributed by atoms with Crippen LogP contribution in [0.2, 0.25) is 5.02 Å². The number of aliphatic carboxylic acids is 1. The molecule has 0 fully saturated rings. The molecule has 0 aliphatic heterocycles. The molecule has 0 saturated carbocycles. The number of carboxylic acid groups (broad SMARTS) is 1. The molecular weight excluding hydrogens is 502 g/mol. The van der Waals surface area contributed by atoms with E-state index in [4.69, 9.17) is 31.3 Å². The van der Waals surface area contributed by atoms with Crippen LogP contribution in [-0.2, 0) is 4.79 Å². The average molecular weight is 526 g/mol. The van der Waals surface area contributed by atoms with Crippen molar-refractivity contribution >= 4 is 40.3 Å². The Hall–Kier alpha value is -4.87. The largest absolute Gasteiger partial charge is 0.492 e. The molecule has 190 valence electrons. The number of aromatic nitrogens is 4. The van der Waals surface area contributed by atoms with E-state index in [1.54, 1.807) is 10.8 Å². The van der Waals surface area contributed by atoms with Gasteiger partial charge in [-0.05, 0) is 55.5 Å². The highest BCUT2D eigenvalue weighted by Crippen LogP contribution is 2.33. The Morgan fingerprint density at radius 2 is 1.87 bits per heavy atom. The van der Waals surface area contributed by atoms with Crippen LogP contribution in [0.25, 0.3) is 39.6 Å². The quantitative estimate of drug-likeness (QED) is 0.240. The Kier molecular flexibility index (Phi) is 8.21. The molecule has 0 saturated heterocycles. The lowest BCUT2D eigenvalue weighted by Crippen LogP contribution is -1.95. The number of fused-ring (bicyclic) bond motifs is 1. The highest BCUT2D eigenvalue weighted by atomic mass is 35.5. The number of H-pyrrole nitrogens is 1. The zero-order chi connectivity index (χ0) is 27.1. The Balaban J connectivity index is 0.000000786. The van der Waals surface area contributed by atoms with Gasteiger partial charge in [-0.15, -0.1) is 0 Å². The fourth-order valence-corrected chi connectivity index (χ4v) is 3.98. The summed E-state index contributed by atoms with van der Waals surface area (Å²) in [7, 11) is 0. The summed E-state index contributed by atoms with van der Waals surface area (Å²) in [5, 5.41) is 22.7. The Morgan fingerprint density at radius 1 is 1.16 bits per heavy atom. The van der Waals surface area contributed by atoms with E-state index in [0.29, 0.717) is 34.5 Å². The van der Waals surface area contributed by atoms with E-state index in [1.165, 1.54) is 0 Å². The molecule has 0 spiro atoms. The molecule has 8 nitrogen and oxygen atoms in total. The zero-order valence-corrected chi connectivity index (χ0v) is 21.5. The first-order chi connectivity index (χ1) is 18.4. The number of hydrogen-bond donors (Lipinski definition) is 2. The van der Waals surface area contributed by atoms with Gasteiger partial charge in [-0.2, -0.15) is 10.4 Å². The second-order valence-corrected chi connectivity index (χ2v) is 8.49. The molecule has 0 aliphatic rings. The van der Waals surface area contributed by atoms with E-state index in [1.807, 2.05) is 85.9 Å². The number of nitrogens with one attached hydrogen (secondary N) is 1. The molecule has 2 N–H and O–H groups in total. The van der Waals surface area contributed by atoms with Crippen molar-refractivity contribution in [1.82, 2.24) is 19.7 Å². The molecule has 3 aromatic carbocycles. The number of hydrogen-bond acceptors (Lipinski definition) is 5. The molecule has 9 heteroatoms. The summed E-state index contributed by atoms with van der Waals surface area (Å²) in [6.07, 6.45) is 3.69. The minimum atomic E-state index is -0.833. The van der Waals surface area contributed by atoms with Crippen LogP contribution in [0.15, 0.2) is 79.0 Å². The number of aromatic amines is 1. The summed E-state index contributed by atoms with van der Waals surface area (Å²) in [5.41, 5.74) is 5.26. The average Bonchev–Trinajstić information content (AvgIpc) is 3.53. The molecule has 0 radical (unpaired) electrons. The normalized spacial score (nSPS) is 10.9. The first-order valence-electron chi connectivity index (χ1n) is 11.7. The topological polar surface area (TPSA) is 117 Å². The third kappa shape index (κ3) is 6.09. The van der Waals surface area contributed by atoms with Crippen molar-refractivity contribution in [2.75, 3.05) is 6.61 Å². The van der Waals surface area contributed by atoms with Crippen molar-refractivity contribution in [2.45, 2.75) is 13.8 Å². The van der Waals surface area contributed by atoms with Crippen LogP contribution in [0, 0.1) is 11.3 Å². The minimum absolute atomic E-state index is 0.405. The van der Waals surface area contributed by atoms with E-state index in [0.717, 1.165) is 34.8 Å². The molecule has 5 aromatic rings. The summed E-state index contributed by atoms with van der Waals surface area (Å²) in [6.45, 7) is 3.52. The van der Waals surface area contributed by atoms with Gasteiger partial charge in [0.15, 0.2) is 0 Å². The highest BCUT2D eigenvalue weighted by molar-refractivity contribution is 6.32. The monoisotopic (exact) mass is 525 g/mol. The van der Waals surface area contributed by atoms with Gasteiger partial charge in [-0.25, -0.2) is 9.67 Å². The molecule has 0 aliphatic carbocycles. The zero-order valence-electron chi connectivity index (χ0n) is 20.7. The number of halogens is 1. The first-order valence-corrected chi connectivity index (χ1v) is 12.1. The minimum Gasteiger partial charge on any atom is -0.492 e. The van der Waals surface area contributed by atoms with Crippen molar-refractivity contribution in [3.63, 3.8) is 0 Å². The fourth-order valence-electron chi connectivity index (χ4n) is 3.74. The van der Waals surface area contributed by atoms with Crippen LogP contribution in [-0.4, -0.2) is 37.4 Å². The van der Waals surface area contributed by atoms with Crippen molar-refractivity contribution in [3.05, 3.63) is 95.4 Å².